The van der Waals surface area contributed by atoms with Gasteiger partial charge in [0.1, 0.15) is 5.75 Å². The number of nitrogens with one attached hydrogen (secondary N) is 1. The van der Waals surface area contributed by atoms with E-state index in [9.17, 15) is 22.8 Å². The van der Waals surface area contributed by atoms with Gasteiger partial charge in [-0.05, 0) is 31.4 Å². The number of carbonyl (C=O) groups is 2. The van der Waals surface area contributed by atoms with Gasteiger partial charge >= 0.3 is 12.4 Å². The average molecular weight is 414 g/mol. The molecular weight excluding hydrogens is 389 g/mol. The average Bonchev–Trinajstić information content (AvgIpc) is 2.68. The molecule has 1 N–H and O–H groups in total. The quantitative estimate of drug-likeness (QED) is 0.823. The summed E-state index contributed by atoms with van der Waals surface area (Å²) in [5.41, 5.74) is 0.222. The number of benzene rings is 1. The third-order valence-corrected chi connectivity index (χ3v) is 5.05. The van der Waals surface area contributed by atoms with Crippen LogP contribution < -0.4 is 10.1 Å². The monoisotopic (exact) mass is 414 g/mol. The van der Waals surface area contributed by atoms with E-state index in [1.54, 1.807) is 4.90 Å². The number of likely N-dealkylation sites (tertiary alicyclic amines) is 1. The predicted octanol–water partition coefficient (Wildman–Crippen LogP) is 2.75. The molecule has 3 rings (SSSR count). The maximum atomic E-state index is 12.4. The number of alkyl halides is 3. The first-order chi connectivity index (χ1) is 13.8. The Morgan fingerprint density at radius 1 is 0.966 bits per heavy atom. The van der Waals surface area contributed by atoms with E-state index in [4.69, 9.17) is 0 Å². The van der Waals surface area contributed by atoms with Crippen molar-refractivity contribution in [3.63, 3.8) is 0 Å². The summed E-state index contributed by atoms with van der Waals surface area (Å²) in [7, 11) is 0. The minimum absolute atomic E-state index is 0.129. The molecule has 1 aromatic rings. The van der Waals surface area contributed by atoms with E-state index in [1.807, 2.05) is 9.80 Å². The van der Waals surface area contributed by atoms with E-state index < -0.39 is 18.1 Å². The zero-order valence-electron chi connectivity index (χ0n) is 16.1. The van der Waals surface area contributed by atoms with Gasteiger partial charge in [-0.25, -0.2) is 4.79 Å². The number of halogens is 3. The number of piperazine rings is 1. The summed E-state index contributed by atoms with van der Waals surface area (Å²) in [4.78, 5) is 30.3. The number of anilines is 1. The highest BCUT2D eigenvalue weighted by atomic mass is 19.4. The van der Waals surface area contributed by atoms with Crippen molar-refractivity contribution in [2.75, 3.05) is 51.1 Å². The summed E-state index contributed by atoms with van der Waals surface area (Å²) in [5, 5.41) is 2.59. The Bertz CT molecular complexity index is 715. The number of hydrogen-bond donors (Lipinski definition) is 1. The largest absolute Gasteiger partial charge is 0.573 e. The zero-order valence-corrected chi connectivity index (χ0v) is 16.1. The van der Waals surface area contributed by atoms with E-state index in [2.05, 4.69) is 10.1 Å². The van der Waals surface area contributed by atoms with Gasteiger partial charge in [0, 0.05) is 51.0 Å². The smallest absolute Gasteiger partial charge is 0.406 e. The molecule has 2 aliphatic heterocycles. The van der Waals surface area contributed by atoms with Gasteiger partial charge in [0.25, 0.3) is 0 Å². The molecule has 2 aliphatic rings. The van der Waals surface area contributed by atoms with Crippen LogP contribution in [0.4, 0.5) is 23.7 Å². The topological polar surface area (TPSA) is 65.1 Å². The van der Waals surface area contributed by atoms with Gasteiger partial charge < -0.3 is 19.9 Å². The minimum atomic E-state index is -4.79. The second kappa shape index (κ2) is 9.34. The van der Waals surface area contributed by atoms with Crippen molar-refractivity contribution in [1.29, 1.82) is 0 Å². The van der Waals surface area contributed by atoms with Crippen LogP contribution in [-0.2, 0) is 4.79 Å². The summed E-state index contributed by atoms with van der Waals surface area (Å²) >= 11 is 0. The number of urea groups is 1. The van der Waals surface area contributed by atoms with E-state index in [-0.39, 0.29) is 11.6 Å². The first kappa shape index (κ1) is 21.2. The fourth-order valence-corrected chi connectivity index (χ4v) is 3.52. The summed E-state index contributed by atoms with van der Waals surface area (Å²) < 4.78 is 40.8. The number of carbonyl (C=O) groups excluding carboxylic acids is 2. The lowest BCUT2D eigenvalue weighted by atomic mass is 10.1. The predicted molar refractivity (Wildman–Crippen MR) is 101 cm³/mol. The van der Waals surface area contributed by atoms with E-state index >= 15 is 0 Å². The normalized spacial score (nSPS) is 18.4. The zero-order chi connectivity index (χ0) is 20.9. The maximum Gasteiger partial charge on any atom is 0.573 e. The van der Waals surface area contributed by atoms with Crippen LogP contribution in [0.1, 0.15) is 19.3 Å². The third-order valence-electron chi connectivity index (χ3n) is 5.05. The molecule has 0 atom stereocenters. The molecular formula is C19H25F3N4O3. The molecule has 0 aliphatic carbocycles. The molecule has 0 unspecified atom stereocenters. The maximum absolute atomic E-state index is 12.4. The lowest BCUT2D eigenvalue weighted by Crippen LogP contribution is -2.52. The molecule has 3 amide bonds. The van der Waals surface area contributed by atoms with Crippen LogP contribution >= 0.6 is 0 Å². The number of amides is 3. The highest BCUT2D eigenvalue weighted by Crippen LogP contribution is 2.25. The van der Waals surface area contributed by atoms with Crippen molar-refractivity contribution in [2.24, 2.45) is 0 Å². The lowest BCUT2D eigenvalue weighted by molar-refractivity contribution is -0.274. The Balaban J connectivity index is 1.45. The van der Waals surface area contributed by atoms with Crippen molar-refractivity contribution >= 4 is 17.6 Å². The van der Waals surface area contributed by atoms with Gasteiger partial charge in [0.15, 0.2) is 0 Å². The van der Waals surface area contributed by atoms with E-state index in [1.165, 1.54) is 24.6 Å². The molecule has 0 saturated carbocycles. The standard InChI is InChI=1S/C19H25F3N4O3/c20-19(21,22)29-16-6-4-5-15(13-16)23-18(28)26-11-9-24(10-12-26)14-17(27)25-7-2-1-3-8-25/h4-6,13H,1-3,7-12,14H2,(H,23,28). The van der Waals surface area contributed by atoms with Crippen LogP contribution in [0.5, 0.6) is 5.75 Å². The number of piperidine rings is 1. The Kier molecular flexibility index (Phi) is 6.83. The van der Waals surface area contributed by atoms with Crippen molar-refractivity contribution in [3.8, 4) is 5.75 Å². The van der Waals surface area contributed by atoms with Crippen molar-refractivity contribution in [3.05, 3.63) is 24.3 Å². The molecule has 0 aromatic heterocycles. The fourth-order valence-electron chi connectivity index (χ4n) is 3.52. The fraction of sp³-hybridized carbons (Fsp3) is 0.579. The van der Waals surface area contributed by atoms with E-state index in [0.717, 1.165) is 32.0 Å². The summed E-state index contributed by atoms with van der Waals surface area (Å²) in [5.74, 6) is -0.263. The molecule has 160 valence electrons. The molecule has 1 aromatic carbocycles. The van der Waals surface area contributed by atoms with Crippen molar-refractivity contribution < 1.29 is 27.5 Å². The molecule has 0 bridgehead atoms. The third kappa shape index (κ3) is 6.52. The van der Waals surface area contributed by atoms with Gasteiger partial charge in [0.05, 0.1) is 6.54 Å². The Hall–Kier alpha value is -2.49. The number of ether oxygens (including phenoxy) is 1. The van der Waals surface area contributed by atoms with Gasteiger partial charge in [0.2, 0.25) is 5.91 Å². The van der Waals surface area contributed by atoms with Gasteiger partial charge in [-0.2, -0.15) is 0 Å². The molecule has 2 heterocycles. The molecule has 29 heavy (non-hydrogen) atoms. The minimum Gasteiger partial charge on any atom is -0.406 e. The first-order valence-electron chi connectivity index (χ1n) is 9.72. The van der Waals surface area contributed by atoms with Gasteiger partial charge in [-0.3, -0.25) is 9.69 Å². The Morgan fingerprint density at radius 3 is 2.31 bits per heavy atom. The Morgan fingerprint density at radius 2 is 1.66 bits per heavy atom. The van der Waals surface area contributed by atoms with Crippen LogP contribution in [0.25, 0.3) is 0 Å². The van der Waals surface area contributed by atoms with Crippen molar-refractivity contribution in [2.45, 2.75) is 25.6 Å². The molecule has 0 radical (unpaired) electrons. The SMILES string of the molecule is O=C(CN1CCN(C(=O)Nc2cccc(OC(F)(F)F)c2)CC1)N1CCCCC1. The second-order valence-corrected chi connectivity index (χ2v) is 7.21. The molecule has 7 nitrogen and oxygen atoms in total. The van der Waals surface area contributed by atoms with E-state index in [0.29, 0.717) is 32.7 Å². The van der Waals surface area contributed by atoms with Crippen LogP contribution in [0, 0.1) is 0 Å². The number of hydrogen-bond acceptors (Lipinski definition) is 4. The molecule has 2 fully saturated rings. The van der Waals surface area contributed by atoms with Crippen LogP contribution in [0.2, 0.25) is 0 Å². The summed E-state index contributed by atoms with van der Waals surface area (Å²) in [6.45, 7) is 4.02. The highest BCUT2D eigenvalue weighted by Gasteiger charge is 2.31. The van der Waals surface area contributed by atoms with Gasteiger partial charge in [-0.1, -0.05) is 6.07 Å². The number of nitrogens with zero attached hydrogens (tertiary/aromatic N) is 3. The molecule has 2 saturated heterocycles. The lowest BCUT2D eigenvalue weighted by Gasteiger charge is -2.36. The molecule has 10 heteroatoms. The summed E-state index contributed by atoms with van der Waals surface area (Å²) in [6, 6.07) is 4.77. The molecule has 0 spiro atoms. The van der Waals surface area contributed by atoms with Crippen LogP contribution in [0.3, 0.4) is 0 Å². The highest BCUT2D eigenvalue weighted by molar-refractivity contribution is 5.89. The number of rotatable bonds is 4. The van der Waals surface area contributed by atoms with Gasteiger partial charge in [-0.15, -0.1) is 13.2 Å². The van der Waals surface area contributed by atoms with Crippen LogP contribution in [-0.4, -0.2) is 78.8 Å². The van der Waals surface area contributed by atoms with Crippen molar-refractivity contribution in [1.82, 2.24) is 14.7 Å². The first-order valence-corrected chi connectivity index (χ1v) is 9.72. The van der Waals surface area contributed by atoms with Crippen LogP contribution in [0.15, 0.2) is 24.3 Å². The Labute approximate surface area is 167 Å². The summed E-state index contributed by atoms with van der Waals surface area (Å²) in [6.07, 6.45) is -1.52. The second-order valence-electron chi connectivity index (χ2n) is 7.21.